The van der Waals surface area contributed by atoms with E-state index in [-0.39, 0.29) is 0 Å². The maximum absolute atomic E-state index is 6.60. The minimum Gasteiger partial charge on any atom is -0.456 e. The molecule has 0 amide bonds. The van der Waals surface area contributed by atoms with E-state index in [0.29, 0.717) is 0 Å². The van der Waals surface area contributed by atoms with Crippen LogP contribution >= 0.6 is 0 Å². The van der Waals surface area contributed by atoms with Crippen LogP contribution in [0.4, 0.5) is 17.1 Å². The summed E-state index contributed by atoms with van der Waals surface area (Å²) in [5.41, 5.74) is 17.0. The quantitative estimate of drug-likeness (QED) is 0.160. The highest BCUT2D eigenvalue weighted by Crippen LogP contribution is 2.46. The lowest BCUT2D eigenvalue weighted by Gasteiger charge is -2.28. The largest absolute Gasteiger partial charge is 0.456 e. The van der Waals surface area contributed by atoms with E-state index < -0.39 is 0 Å². The molecule has 11 aromatic carbocycles. The van der Waals surface area contributed by atoms with Crippen LogP contribution in [0.2, 0.25) is 0 Å². The smallest absolute Gasteiger partial charge is 0.136 e. The number of rotatable bonds is 7. The minimum atomic E-state index is 0.868. The van der Waals surface area contributed by atoms with Gasteiger partial charge in [0.2, 0.25) is 0 Å². The van der Waals surface area contributed by atoms with Gasteiger partial charge in [-0.3, -0.25) is 0 Å². The van der Waals surface area contributed by atoms with Crippen molar-refractivity contribution in [3.63, 3.8) is 0 Å². The second-order valence-corrected chi connectivity index (χ2v) is 17.7. The summed E-state index contributed by atoms with van der Waals surface area (Å²) in [6.07, 6.45) is 0. The third kappa shape index (κ3) is 6.08. The van der Waals surface area contributed by atoms with Gasteiger partial charge in [0.1, 0.15) is 22.3 Å². The first-order chi connectivity index (χ1) is 33.7. The number of nitrogens with zero attached hydrogens (tertiary/aromatic N) is 2. The van der Waals surface area contributed by atoms with Gasteiger partial charge in [-0.25, -0.2) is 0 Å². The zero-order valence-corrected chi connectivity index (χ0v) is 36.8. The molecule has 4 heteroatoms. The van der Waals surface area contributed by atoms with Crippen LogP contribution in [0.5, 0.6) is 0 Å². The van der Waals surface area contributed by atoms with E-state index in [2.05, 4.69) is 240 Å². The van der Waals surface area contributed by atoms with Crippen molar-refractivity contribution in [3.8, 4) is 39.1 Å². The van der Waals surface area contributed by atoms with Gasteiger partial charge in [-0.2, -0.15) is 0 Å². The van der Waals surface area contributed by atoms with Gasteiger partial charge in [0.05, 0.1) is 16.7 Å². The van der Waals surface area contributed by atoms with Crippen LogP contribution in [0.3, 0.4) is 0 Å². The molecule has 0 spiro atoms. The zero-order chi connectivity index (χ0) is 44.7. The molecule has 0 N–H and O–H groups in total. The number of fused-ring (bicyclic) bond motifs is 10. The predicted octanol–water partition coefficient (Wildman–Crippen LogP) is 18.2. The minimum absolute atomic E-state index is 0.868. The van der Waals surface area contributed by atoms with E-state index in [1.54, 1.807) is 0 Å². The first kappa shape index (κ1) is 38.2. The number of benzene rings is 11. The van der Waals surface area contributed by atoms with Gasteiger partial charge < -0.3 is 18.3 Å². The number of hydrogen-bond acceptors (Lipinski definition) is 3. The molecule has 0 saturated heterocycles. The lowest BCUT2D eigenvalue weighted by molar-refractivity contribution is 0.669. The summed E-state index contributed by atoms with van der Waals surface area (Å²) in [4.78, 5) is 2.39. The van der Waals surface area contributed by atoms with Crippen molar-refractivity contribution in [2.45, 2.75) is 0 Å². The summed E-state index contributed by atoms with van der Waals surface area (Å²) in [6.45, 7) is 0. The second kappa shape index (κ2) is 15.2. The van der Waals surface area contributed by atoms with Gasteiger partial charge >= 0.3 is 0 Å². The van der Waals surface area contributed by atoms with Gasteiger partial charge in [0.15, 0.2) is 0 Å². The van der Waals surface area contributed by atoms with E-state index in [0.717, 1.165) is 105 Å². The molecule has 0 fully saturated rings. The Kier molecular flexibility index (Phi) is 8.55. The van der Waals surface area contributed by atoms with Gasteiger partial charge in [-0.05, 0) is 130 Å². The molecular formula is C64H40N2O2. The molecule has 318 valence electrons. The third-order valence-corrected chi connectivity index (χ3v) is 13.8. The maximum Gasteiger partial charge on any atom is 0.136 e. The Balaban J connectivity index is 0.903. The molecule has 3 heterocycles. The Morgan fingerprint density at radius 3 is 1.59 bits per heavy atom. The maximum atomic E-state index is 6.60. The Morgan fingerprint density at radius 2 is 0.838 bits per heavy atom. The molecule has 0 radical (unpaired) electrons. The van der Waals surface area contributed by atoms with Crippen molar-refractivity contribution in [2.24, 2.45) is 0 Å². The predicted molar refractivity (Wildman–Crippen MR) is 284 cm³/mol. The van der Waals surface area contributed by atoms with E-state index >= 15 is 0 Å². The first-order valence-electron chi connectivity index (χ1n) is 23.1. The molecule has 0 saturated carbocycles. The fourth-order valence-electron chi connectivity index (χ4n) is 10.6. The summed E-state index contributed by atoms with van der Waals surface area (Å²) < 4.78 is 15.3. The van der Waals surface area contributed by atoms with Crippen molar-refractivity contribution in [3.05, 3.63) is 243 Å². The van der Waals surface area contributed by atoms with Crippen molar-refractivity contribution in [1.82, 2.24) is 4.57 Å². The number of anilines is 3. The first-order valence-corrected chi connectivity index (χ1v) is 23.1. The summed E-state index contributed by atoms with van der Waals surface area (Å²) in [5.74, 6) is 0. The number of furan rings is 2. The van der Waals surface area contributed by atoms with Crippen molar-refractivity contribution in [1.29, 1.82) is 0 Å². The van der Waals surface area contributed by atoms with Crippen LogP contribution < -0.4 is 4.90 Å². The second-order valence-electron chi connectivity index (χ2n) is 17.7. The highest BCUT2D eigenvalue weighted by molar-refractivity contribution is 6.17. The highest BCUT2D eigenvalue weighted by atomic mass is 16.3. The lowest BCUT2D eigenvalue weighted by atomic mass is 9.96. The summed E-state index contributed by atoms with van der Waals surface area (Å²) in [6, 6.07) is 87.0. The Labute approximate surface area is 391 Å². The van der Waals surface area contributed by atoms with E-state index in [4.69, 9.17) is 8.83 Å². The average molecular weight is 869 g/mol. The SMILES string of the molecule is c1cc(-c2ccc(N(c3ccc(-c4ccc5c(c4)oc4ccccc45)cc3)c3ccccc3-c3cccc4oc5cc6ccccc6cc5c34)cc2)cc(-n2c3ccccc3c3ccccc32)c1. The van der Waals surface area contributed by atoms with E-state index in [1.165, 1.54) is 27.2 Å². The van der Waals surface area contributed by atoms with E-state index in [1.807, 2.05) is 12.1 Å². The molecule has 14 aromatic rings. The standard InChI is InChI=1S/C64H40N2O2/c1-2-14-45-39-63-56(38-44(45)13-1)64-55(21-12-26-61(64)68-63)52-19-5-7-22-57(52)65(48-34-29-42(30-35-48)46-31-36-54-53-20-6-10-25-60(53)67-62(54)40-46)47-32-27-41(28-33-47)43-15-11-16-49(37-43)66-58-23-8-3-17-50(58)51-18-4-9-24-59(51)66/h1-40H. The number of hydrogen-bond donors (Lipinski definition) is 0. The number of para-hydroxylation sites is 4. The zero-order valence-electron chi connectivity index (χ0n) is 36.8. The van der Waals surface area contributed by atoms with Crippen LogP contribution in [0, 0.1) is 0 Å². The molecule has 0 bridgehead atoms. The summed E-state index contributed by atoms with van der Waals surface area (Å²) >= 11 is 0. The van der Waals surface area contributed by atoms with Gasteiger partial charge in [-0.15, -0.1) is 0 Å². The Hall–Kier alpha value is -9.12. The van der Waals surface area contributed by atoms with Crippen LogP contribution in [-0.4, -0.2) is 4.57 Å². The molecule has 4 nitrogen and oxygen atoms in total. The highest BCUT2D eigenvalue weighted by Gasteiger charge is 2.22. The molecule has 0 aliphatic rings. The van der Waals surface area contributed by atoms with Gasteiger partial charge in [0, 0.05) is 54.9 Å². The van der Waals surface area contributed by atoms with Crippen LogP contribution in [0.25, 0.3) is 116 Å². The number of aromatic nitrogens is 1. The van der Waals surface area contributed by atoms with Crippen LogP contribution in [0.1, 0.15) is 0 Å². The molecule has 0 aliphatic heterocycles. The molecule has 68 heavy (non-hydrogen) atoms. The van der Waals surface area contributed by atoms with Crippen LogP contribution in [0.15, 0.2) is 251 Å². The molecular weight excluding hydrogens is 829 g/mol. The normalized spacial score (nSPS) is 11.8. The van der Waals surface area contributed by atoms with Crippen molar-refractivity contribution < 1.29 is 8.83 Å². The van der Waals surface area contributed by atoms with Crippen molar-refractivity contribution >= 4 is 93.5 Å². The molecule has 14 rings (SSSR count). The average Bonchev–Trinajstić information content (AvgIpc) is 4.08. The Morgan fingerprint density at radius 1 is 0.309 bits per heavy atom. The topological polar surface area (TPSA) is 34.5 Å². The fraction of sp³-hybridized carbons (Fsp3) is 0. The van der Waals surface area contributed by atoms with Crippen molar-refractivity contribution in [2.75, 3.05) is 4.90 Å². The van der Waals surface area contributed by atoms with Gasteiger partial charge in [0.25, 0.3) is 0 Å². The van der Waals surface area contributed by atoms with Crippen LogP contribution in [-0.2, 0) is 0 Å². The molecule has 0 aliphatic carbocycles. The van der Waals surface area contributed by atoms with Gasteiger partial charge in [-0.1, -0.05) is 152 Å². The summed E-state index contributed by atoms with van der Waals surface area (Å²) in [5, 5.41) is 9.33. The summed E-state index contributed by atoms with van der Waals surface area (Å²) in [7, 11) is 0. The fourth-order valence-corrected chi connectivity index (χ4v) is 10.6. The molecule has 3 aromatic heterocycles. The molecule has 0 unspecified atom stereocenters. The third-order valence-electron chi connectivity index (χ3n) is 13.8. The lowest BCUT2D eigenvalue weighted by Crippen LogP contribution is -2.11. The monoisotopic (exact) mass is 868 g/mol. The molecule has 0 atom stereocenters. The van der Waals surface area contributed by atoms with E-state index in [9.17, 15) is 0 Å². The Bertz CT molecular complexity index is 4210.